The average Bonchev–Trinajstić information content (AvgIpc) is 3.18. The molecule has 5 rings (SSSR count). The molecule has 2 heterocycles. The summed E-state index contributed by atoms with van der Waals surface area (Å²) in [6, 6.07) is 5.47. The standard InChI is InChI=1S/C25H31Cl2N7O2/c1-25(36)11-3-4-15(12-25)30-23-29-13-19-22(33-23)34(16-9-7-14(8-10-16)21(28)35)24(31-19)32-20-17(26)5-2-6-18(20)27/h2,5-6,13-16,36H,3-4,7-12H2,1H3,(H2,28,35)(H,31,32)(H,29,30,33)/t14-,15-,16+,25+/m1/s1. The topological polar surface area (TPSA) is 131 Å². The van der Waals surface area contributed by atoms with Crippen LogP contribution < -0.4 is 16.4 Å². The third-order valence-electron chi connectivity index (χ3n) is 7.38. The van der Waals surface area contributed by atoms with Gasteiger partial charge in [0.05, 0.1) is 27.5 Å². The molecule has 2 aliphatic carbocycles. The lowest BCUT2D eigenvalue weighted by Crippen LogP contribution is -2.38. The number of benzene rings is 1. The first-order valence-corrected chi connectivity index (χ1v) is 13.2. The molecule has 36 heavy (non-hydrogen) atoms. The number of anilines is 3. The van der Waals surface area contributed by atoms with E-state index in [1.54, 1.807) is 24.4 Å². The van der Waals surface area contributed by atoms with E-state index in [2.05, 4.69) is 20.2 Å². The summed E-state index contributed by atoms with van der Waals surface area (Å²) in [4.78, 5) is 25.9. The molecular formula is C25H31Cl2N7O2. The van der Waals surface area contributed by atoms with E-state index >= 15 is 0 Å². The fourth-order valence-electron chi connectivity index (χ4n) is 5.51. The van der Waals surface area contributed by atoms with Crippen molar-refractivity contribution in [3.8, 4) is 0 Å². The number of imidazole rings is 1. The maximum Gasteiger partial charge on any atom is 0.224 e. The summed E-state index contributed by atoms with van der Waals surface area (Å²) in [5, 5.41) is 18.2. The van der Waals surface area contributed by atoms with Crippen LogP contribution in [0.25, 0.3) is 11.2 Å². The van der Waals surface area contributed by atoms with Crippen LogP contribution in [-0.2, 0) is 4.79 Å². The number of carbonyl (C=O) groups is 1. The molecule has 2 saturated carbocycles. The van der Waals surface area contributed by atoms with Gasteiger partial charge >= 0.3 is 0 Å². The van der Waals surface area contributed by atoms with Gasteiger partial charge in [0.1, 0.15) is 5.52 Å². The molecule has 0 saturated heterocycles. The lowest BCUT2D eigenvalue weighted by molar-refractivity contribution is -0.122. The number of nitrogens with zero attached hydrogens (tertiary/aromatic N) is 4. The van der Waals surface area contributed by atoms with E-state index in [1.165, 1.54) is 0 Å². The minimum Gasteiger partial charge on any atom is -0.390 e. The van der Waals surface area contributed by atoms with Gasteiger partial charge < -0.3 is 21.5 Å². The van der Waals surface area contributed by atoms with Crippen molar-refractivity contribution >= 4 is 57.9 Å². The zero-order valence-electron chi connectivity index (χ0n) is 20.2. The number of carbonyl (C=O) groups excluding carboxylic acids is 1. The van der Waals surface area contributed by atoms with Crippen molar-refractivity contribution in [2.24, 2.45) is 11.7 Å². The van der Waals surface area contributed by atoms with E-state index in [9.17, 15) is 9.90 Å². The molecule has 2 fully saturated rings. The van der Waals surface area contributed by atoms with Gasteiger partial charge in [-0.2, -0.15) is 4.98 Å². The van der Waals surface area contributed by atoms with Crippen LogP contribution >= 0.6 is 23.2 Å². The molecule has 2 aliphatic rings. The number of aliphatic hydroxyl groups is 1. The number of aromatic nitrogens is 4. The number of rotatable bonds is 6. The van der Waals surface area contributed by atoms with Gasteiger partial charge in [-0.05, 0) is 70.4 Å². The zero-order chi connectivity index (χ0) is 25.4. The predicted molar refractivity (Wildman–Crippen MR) is 142 cm³/mol. The molecule has 5 N–H and O–H groups in total. The fourth-order valence-corrected chi connectivity index (χ4v) is 6.00. The highest BCUT2D eigenvalue weighted by Crippen LogP contribution is 2.39. The van der Waals surface area contributed by atoms with Crippen LogP contribution in [0.15, 0.2) is 24.4 Å². The minimum atomic E-state index is -0.688. The maximum absolute atomic E-state index is 11.7. The first-order chi connectivity index (χ1) is 17.2. The Morgan fingerprint density at radius 3 is 2.56 bits per heavy atom. The van der Waals surface area contributed by atoms with Crippen LogP contribution in [0.1, 0.15) is 64.3 Å². The van der Waals surface area contributed by atoms with Crippen molar-refractivity contribution in [1.82, 2.24) is 19.5 Å². The summed E-state index contributed by atoms with van der Waals surface area (Å²) in [6.07, 6.45) is 7.99. The van der Waals surface area contributed by atoms with Crippen molar-refractivity contribution in [2.45, 2.75) is 76.0 Å². The number of primary amides is 1. The first-order valence-electron chi connectivity index (χ1n) is 12.4. The Bertz CT molecular complexity index is 1250. The number of hydrogen-bond acceptors (Lipinski definition) is 7. The molecule has 0 bridgehead atoms. The summed E-state index contributed by atoms with van der Waals surface area (Å²) in [5.74, 6) is 0.702. The fraction of sp³-hybridized carbons (Fsp3) is 0.520. The summed E-state index contributed by atoms with van der Waals surface area (Å²) < 4.78 is 2.07. The molecule has 11 heteroatoms. The van der Waals surface area contributed by atoms with Gasteiger partial charge in [-0.3, -0.25) is 9.36 Å². The normalized spacial score (nSPS) is 26.6. The lowest BCUT2D eigenvalue weighted by atomic mass is 9.83. The number of para-hydroxylation sites is 1. The molecule has 1 amide bonds. The second-order valence-corrected chi connectivity index (χ2v) is 11.1. The highest BCUT2D eigenvalue weighted by atomic mass is 35.5. The summed E-state index contributed by atoms with van der Waals surface area (Å²) >= 11 is 12.9. The van der Waals surface area contributed by atoms with E-state index in [0.717, 1.165) is 32.1 Å². The Hall–Kier alpha value is -2.62. The SMILES string of the molecule is C[C@]1(O)CCC[C@@H](Nc2ncc3nc(Nc4c(Cl)cccc4Cl)n([C@H]4CC[C@@H](C(N)=O)CC4)c3n2)C1. The first kappa shape index (κ1) is 25.0. The molecular weight excluding hydrogens is 501 g/mol. The van der Waals surface area contributed by atoms with Crippen LogP contribution in [0.5, 0.6) is 0 Å². The van der Waals surface area contributed by atoms with E-state index in [-0.39, 0.29) is 23.9 Å². The zero-order valence-corrected chi connectivity index (χ0v) is 21.7. The van der Waals surface area contributed by atoms with Gasteiger partial charge in [-0.25, -0.2) is 9.97 Å². The van der Waals surface area contributed by atoms with E-state index in [4.69, 9.17) is 38.9 Å². The number of nitrogens with one attached hydrogen (secondary N) is 2. The van der Waals surface area contributed by atoms with Crippen LogP contribution in [0.2, 0.25) is 10.0 Å². The van der Waals surface area contributed by atoms with Gasteiger partial charge in [0, 0.05) is 18.0 Å². The Balaban J connectivity index is 1.51. The molecule has 0 aliphatic heterocycles. The van der Waals surface area contributed by atoms with Crippen molar-refractivity contribution in [1.29, 1.82) is 0 Å². The average molecular weight is 532 g/mol. The highest BCUT2D eigenvalue weighted by Gasteiger charge is 2.31. The van der Waals surface area contributed by atoms with Crippen LogP contribution in [-0.4, -0.2) is 42.2 Å². The largest absolute Gasteiger partial charge is 0.390 e. The maximum atomic E-state index is 11.7. The number of hydrogen-bond donors (Lipinski definition) is 4. The van der Waals surface area contributed by atoms with E-state index < -0.39 is 5.60 Å². The van der Waals surface area contributed by atoms with Crippen molar-refractivity contribution < 1.29 is 9.90 Å². The molecule has 192 valence electrons. The molecule has 2 atom stereocenters. The predicted octanol–water partition coefficient (Wildman–Crippen LogP) is 5.20. The van der Waals surface area contributed by atoms with Gasteiger partial charge in [0.25, 0.3) is 0 Å². The van der Waals surface area contributed by atoms with Gasteiger partial charge in [0.15, 0.2) is 5.65 Å². The van der Waals surface area contributed by atoms with Crippen LogP contribution in [0.3, 0.4) is 0 Å². The molecule has 9 nitrogen and oxygen atoms in total. The van der Waals surface area contributed by atoms with Gasteiger partial charge in [-0.15, -0.1) is 0 Å². The van der Waals surface area contributed by atoms with E-state index in [1.807, 2.05) is 6.92 Å². The number of halogens is 2. The van der Waals surface area contributed by atoms with Crippen LogP contribution in [0.4, 0.5) is 17.6 Å². The van der Waals surface area contributed by atoms with Crippen molar-refractivity contribution in [2.75, 3.05) is 10.6 Å². The monoisotopic (exact) mass is 531 g/mol. The number of fused-ring (bicyclic) bond motifs is 1. The van der Waals surface area contributed by atoms with Crippen molar-refractivity contribution in [3.63, 3.8) is 0 Å². The molecule has 3 aromatic rings. The molecule has 1 aromatic carbocycles. The number of amides is 1. The third kappa shape index (κ3) is 5.23. The lowest BCUT2D eigenvalue weighted by Gasteiger charge is -2.34. The third-order valence-corrected chi connectivity index (χ3v) is 8.01. The van der Waals surface area contributed by atoms with Crippen molar-refractivity contribution in [3.05, 3.63) is 34.4 Å². The Labute approximate surface area is 219 Å². The smallest absolute Gasteiger partial charge is 0.224 e. The van der Waals surface area contributed by atoms with Crippen LogP contribution in [0, 0.1) is 5.92 Å². The molecule has 0 spiro atoms. The van der Waals surface area contributed by atoms with Gasteiger partial charge in [-0.1, -0.05) is 29.3 Å². The van der Waals surface area contributed by atoms with E-state index in [0.29, 0.717) is 58.1 Å². The summed E-state index contributed by atoms with van der Waals surface area (Å²) in [6.45, 7) is 1.88. The number of nitrogens with two attached hydrogens (primary N) is 1. The quantitative estimate of drug-likeness (QED) is 0.343. The molecule has 0 radical (unpaired) electrons. The minimum absolute atomic E-state index is 0.0625. The summed E-state index contributed by atoms with van der Waals surface area (Å²) in [5.41, 5.74) is 6.77. The highest BCUT2D eigenvalue weighted by molar-refractivity contribution is 6.39. The summed E-state index contributed by atoms with van der Waals surface area (Å²) in [7, 11) is 0. The molecule has 0 unspecified atom stereocenters. The Kier molecular flexibility index (Phi) is 6.98. The Morgan fingerprint density at radius 2 is 1.89 bits per heavy atom. The second kappa shape index (κ2) is 10.0. The Morgan fingerprint density at radius 1 is 1.17 bits per heavy atom. The molecule has 2 aromatic heterocycles. The van der Waals surface area contributed by atoms with Gasteiger partial charge in [0.2, 0.25) is 17.8 Å². The second-order valence-electron chi connectivity index (χ2n) is 10.3.